The molecule has 0 radical (unpaired) electrons. The third-order valence-corrected chi connectivity index (χ3v) is 1.81. The van der Waals surface area contributed by atoms with Crippen molar-refractivity contribution in [2.45, 2.75) is 6.54 Å². The summed E-state index contributed by atoms with van der Waals surface area (Å²) in [6.07, 6.45) is 2.46. The molecule has 16 heavy (non-hydrogen) atoms. The van der Waals surface area contributed by atoms with Crippen molar-refractivity contribution >= 4 is 11.9 Å². The van der Waals surface area contributed by atoms with Crippen molar-refractivity contribution in [2.75, 3.05) is 13.7 Å². The zero-order valence-electron chi connectivity index (χ0n) is 8.64. The first-order chi connectivity index (χ1) is 7.65. The highest BCUT2D eigenvalue weighted by molar-refractivity contribution is 5.88. The summed E-state index contributed by atoms with van der Waals surface area (Å²) in [5.41, 5.74) is 0.339. The quantitative estimate of drug-likeness (QED) is 0.647. The number of methoxy groups -OCH3 is 1. The highest BCUT2D eigenvalue weighted by Crippen LogP contribution is 2.02. The number of nitrogens with one attached hydrogen (secondary N) is 1. The molecule has 0 spiro atoms. The van der Waals surface area contributed by atoms with E-state index in [1.165, 1.54) is 19.6 Å². The summed E-state index contributed by atoms with van der Waals surface area (Å²) in [4.78, 5) is 29.0. The molecule has 86 valence electrons. The summed E-state index contributed by atoms with van der Waals surface area (Å²) in [6.45, 7) is 0.165. The average molecular weight is 225 g/mol. The minimum absolute atomic E-state index is 0.000435. The van der Waals surface area contributed by atoms with Gasteiger partial charge in [0.2, 0.25) is 0 Å². The maximum absolute atomic E-state index is 10.8. The van der Waals surface area contributed by atoms with Crippen LogP contribution in [0.25, 0.3) is 0 Å². The highest BCUT2D eigenvalue weighted by Gasteiger charge is 2.11. The van der Waals surface area contributed by atoms with E-state index in [1.807, 2.05) is 0 Å². The van der Waals surface area contributed by atoms with Crippen LogP contribution in [-0.2, 0) is 16.1 Å². The number of carboxylic acid groups (broad SMARTS) is 1. The van der Waals surface area contributed by atoms with Gasteiger partial charge in [0.05, 0.1) is 19.3 Å². The van der Waals surface area contributed by atoms with Crippen LogP contribution in [0.5, 0.6) is 0 Å². The van der Waals surface area contributed by atoms with Crippen molar-refractivity contribution in [1.82, 2.24) is 15.3 Å². The lowest BCUT2D eigenvalue weighted by molar-refractivity contribution is -0.139. The molecule has 7 nitrogen and oxygen atoms in total. The topological polar surface area (TPSA) is 101 Å². The molecule has 0 atom stereocenters. The molecule has 0 aromatic carbocycles. The van der Waals surface area contributed by atoms with Gasteiger partial charge in [-0.3, -0.25) is 4.79 Å². The first-order valence-corrected chi connectivity index (χ1v) is 4.45. The number of ether oxygens (including phenoxy) is 1. The molecule has 0 unspecified atom stereocenters. The number of aromatic nitrogens is 2. The van der Waals surface area contributed by atoms with E-state index < -0.39 is 11.9 Å². The number of carbonyl (C=O) groups excluding carboxylic acids is 1. The minimum atomic E-state index is -1.10. The summed E-state index contributed by atoms with van der Waals surface area (Å²) >= 11 is 0. The lowest BCUT2D eigenvalue weighted by Crippen LogP contribution is -2.25. The Hall–Kier alpha value is -2.02. The molecule has 0 fully saturated rings. The van der Waals surface area contributed by atoms with Crippen molar-refractivity contribution in [3.8, 4) is 0 Å². The Morgan fingerprint density at radius 2 is 2.31 bits per heavy atom. The molecule has 0 saturated heterocycles. The van der Waals surface area contributed by atoms with Crippen LogP contribution >= 0.6 is 0 Å². The van der Waals surface area contributed by atoms with Crippen LogP contribution in [-0.4, -0.2) is 40.7 Å². The van der Waals surface area contributed by atoms with Crippen molar-refractivity contribution in [1.29, 1.82) is 0 Å². The van der Waals surface area contributed by atoms with Crippen LogP contribution in [0, 0.1) is 0 Å². The Kier molecular flexibility index (Phi) is 4.34. The molecule has 2 N–H and O–H groups in total. The molecule has 1 aromatic rings. The Bertz CT molecular complexity index is 394. The second-order valence-corrected chi connectivity index (χ2v) is 2.87. The Balaban J connectivity index is 2.60. The maximum atomic E-state index is 10.8. The molecule has 1 aromatic heterocycles. The molecule has 0 bridgehead atoms. The molecule has 0 aliphatic carbocycles. The van der Waals surface area contributed by atoms with Gasteiger partial charge in [-0.25, -0.2) is 14.8 Å². The smallest absolute Gasteiger partial charge is 0.339 e. The molecule has 0 aliphatic rings. The van der Waals surface area contributed by atoms with Crippen molar-refractivity contribution in [3.05, 3.63) is 23.8 Å². The van der Waals surface area contributed by atoms with Gasteiger partial charge in [0.15, 0.2) is 0 Å². The fraction of sp³-hybridized carbons (Fsp3) is 0.333. The molecule has 0 saturated carbocycles. The van der Waals surface area contributed by atoms with E-state index in [9.17, 15) is 9.59 Å². The number of esters is 1. The maximum Gasteiger partial charge on any atom is 0.339 e. The van der Waals surface area contributed by atoms with E-state index in [-0.39, 0.29) is 18.7 Å². The number of aromatic carboxylic acids is 1. The predicted molar refractivity (Wildman–Crippen MR) is 52.7 cm³/mol. The Morgan fingerprint density at radius 3 is 2.94 bits per heavy atom. The highest BCUT2D eigenvalue weighted by atomic mass is 16.5. The minimum Gasteiger partial charge on any atom is -0.478 e. The molecule has 0 amide bonds. The summed E-state index contributed by atoms with van der Waals surface area (Å²) in [7, 11) is 1.28. The zero-order chi connectivity index (χ0) is 12.0. The van der Waals surface area contributed by atoms with Crippen LogP contribution in [0.3, 0.4) is 0 Å². The van der Waals surface area contributed by atoms with Crippen LogP contribution in [0.4, 0.5) is 0 Å². The third kappa shape index (κ3) is 3.28. The second-order valence-electron chi connectivity index (χ2n) is 2.87. The van der Waals surface area contributed by atoms with E-state index in [1.54, 1.807) is 0 Å². The number of hydrogen-bond donors (Lipinski definition) is 2. The van der Waals surface area contributed by atoms with Gasteiger partial charge >= 0.3 is 11.9 Å². The summed E-state index contributed by atoms with van der Waals surface area (Å²) in [5, 5.41) is 11.5. The lowest BCUT2D eigenvalue weighted by Gasteiger charge is -2.05. The van der Waals surface area contributed by atoms with Gasteiger partial charge in [0.1, 0.15) is 11.9 Å². The van der Waals surface area contributed by atoms with Gasteiger partial charge in [-0.15, -0.1) is 0 Å². The molecule has 1 heterocycles. The second kappa shape index (κ2) is 5.76. The van der Waals surface area contributed by atoms with Gasteiger partial charge in [-0.2, -0.15) is 0 Å². The Morgan fingerprint density at radius 1 is 1.56 bits per heavy atom. The van der Waals surface area contributed by atoms with Crippen LogP contribution in [0.2, 0.25) is 0 Å². The third-order valence-electron chi connectivity index (χ3n) is 1.81. The fourth-order valence-electron chi connectivity index (χ4n) is 1.03. The Labute approximate surface area is 91.5 Å². The summed E-state index contributed by atoms with van der Waals surface area (Å²) in [6, 6.07) is 0. The van der Waals surface area contributed by atoms with Gasteiger partial charge in [0, 0.05) is 12.7 Å². The normalized spacial score (nSPS) is 9.81. The van der Waals surface area contributed by atoms with Crippen LogP contribution in [0.1, 0.15) is 16.1 Å². The molecule has 1 rings (SSSR count). The van der Waals surface area contributed by atoms with Crippen LogP contribution < -0.4 is 5.32 Å². The number of rotatable bonds is 5. The lowest BCUT2D eigenvalue weighted by atomic mass is 10.2. The number of hydrogen-bond acceptors (Lipinski definition) is 6. The largest absolute Gasteiger partial charge is 0.478 e. The van der Waals surface area contributed by atoms with E-state index >= 15 is 0 Å². The van der Waals surface area contributed by atoms with E-state index in [0.29, 0.717) is 5.69 Å². The van der Waals surface area contributed by atoms with E-state index in [0.717, 1.165) is 0 Å². The molecule has 0 aliphatic heterocycles. The number of carbonyl (C=O) groups is 2. The molecular formula is C9H11N3O4. The van der Waals surface area contributed by atoms with Crippen LogP contribution in [0.15, 0.2) is 12.5 Å². The first-order valence-electron chi connectivity index (χ1n) is 4.45. The SMILES string of the molecule is COC(=O)CNCc1ncncc1C(=O)O. The standard InChI is InChI=1S/C9H11N3O4/c1-16-8(13)4-10-3-7-6(9(14)15)2-11-5-12-7/h2,5,10H,3-4H2,1H3,(H,14,15). The van der Waals surface area contributed by atoms with E-state index in [2.05, 4.69) is 20.0 Å². The number of carboxylic acids is 1. The van der Waals surface area contributed by atoms with Crippen molar-refractivity contribution in [2.24, 2.45) is 0 Å². The summed E-state index contributed by atoms with van der Waals surface area (Å²) < 4.78 is 4.42. The average Bonchev–Trinajstić information content (AvgIpc) is 2.29. The monoisotopic (exact) mass is 225 g/mol. The van der Waals surface area contributed by atoms with Gasteiger partial charge in [-0.1, -0.05) is 0 Å². The fourth-order valence-corrected chi connectivity index (χ4v) is 1.03. The van der Waals surface area contributed by atoms with Gasteiger partial charge in [0.25, 0.3) is 0 Å². The van der Waals surface area contributed by atoms with Gasteiger partial charge in [-0.05, 0) is 0 Å². The molecule has 7 heteroatoms. The summed E-state index contributed by atoms with van der Waals surface area (Å²) in [5.74, 6) is -1.53. The van der Waals surface area contributed by atoms with E-state index in [4.69, 9.17) is 5.11 Å². The number of nitrogens with zero attached hydrogens (tertiary/aromatic N) is 2. The van der Waals surface area contributed by atoms with Gasteiger partial charge < -0.3 is 15.2 Å². The van der Waals surface area contributed by atoms with Crippen molar-refractivity contribution < 1.29 is 19.4 Å². The molecular weight excluding hydrogens is 214 g/mol. The first kappa shape index (κ1) is 12.1. The predicted octanol–water partition coefficient (Wildman–Crippen LogP) is -0.563. The zero-order valence-corrected chi connectivity index (χ0v) is 8.64. The van der Waals surface area contributed by atoms with Crippen molar-refractivity contribution in [3.63, 3.8) is 0 Å².